The Labute approximate surface area is 133 Å². The summed E-state index contributed by atoms with van der Waals surface area (Å²) in [7, 11) is 3.90. The van der Waals surface area contributed by atoms with Crippen molar-refractivity contribution in [1.29, 1.82) is 0 Å². The fourth-order valence-corrected chi connectivity index (χ4v) is 4.16. The summed E-state index contributed by atoms with van der Waals surface area (Å²) < 4.78 is 1.12. The van der Waals surface area contributed by atoms with E-state index in [0.717, 1.165) is 16.6 Å². The number of carbonyl (C=O) groups is 1. The van der Waals surface area contributed by atoms with E-state index in [4.69, 9.17) is 0 Å². The molecule has 1 aliphatic rings. The van der Waals surface area contributed by atoms with Crippen LogP contribution in [-0.2, 0) is 11.3 Å². The van der Waals surface area contributed by atoms with Crippen LogP contribution >= 0.6 is 27.3 Å². The molecule has 0 radical (unpaired) electrons. The zero-order valence-corrected chi connectivity index (χ0v) is 14.6. The number of nitrogens with one attached hydrogen (secondary N) is 1. The van der Waals surface area contributed by atoms with E-state index >= 15 is 0 Å². The van der Waals surface area contributed by atoms with Gasteiger partial charge in [-0.15, -0.1) is 11.3 Å². The fourth-order valence-electron chi connectivity index (χ4n) is 2.96. The molecule has 5 heteroatoms. The Morgan fingerprint density at radius 2 is 2.15 bits per heavy atom. The standard InChI is InChI=1S/C15H23BrN2OS/c1-17-15(6-4-3-5-7-15)9-14(19)18(2)10-12-8-13(16)20-11-12/h8,11,17H,3-7,9-10H2,1-2H3. The largest absolute Gasteiger partial charge is 0.341 e. The second kappa shape index (κ2) is 7.05. The molecule has 1 amide bonds. The second-order valence-corrected chi connectivity index (χ2v) is 8.07. The van der Waals surface area contributed by atoms with Crippen molar-refractivity contribution in [3.63, 3.8) is 0 Å². The van der Waals surface area contributed by atoms with Crippen LogP contribution in [0.25, 0.3) is 0 Å². The number of hydrogen-bond acceptors (Lipinski definition) is 3. The maximum atomic E-state index is 12.5. The van der Waals surface area contributed by atoms with E-state index < -0.39 is 0 Å². The highest BCUT2D eigenvalue weighted by Crippen LogP contribution is 2.31. The van der Waals surface area contributed by atoms with Gasteiger partial charge in [-0.25, -0.2) is 0 Å². The molecule has 0 atom stereocenters. The molecule has 0 spiro atoms. The van der Waals surface area contributed by atoms with E-state index in [-0.39, 0.29) is 11.4 Å². The predicted octanol–water partition coefficient (Wildman–Crippen LogP) is 3.78. The molecule has 1 aromatic heterocycles. The lowest BCUT2D eigenvalue weighted by atomic mass is 9.79. The van der Waals surface area contributed by atoms with Crippen molar-refractivity contribution in [3.05, 3.63) is 20.8 Å². The maximum absolute atomic E-state index is 12.5. The first-order valence-electron chi connectivity index (χ1n) is 7.20. The molecule has 20 heavy (non-hydrogen) atoms. The number of carbonyl (C=O) groups excluding carboxylic acids is 1. The smallest absolute Gasteiger partial charge is 0.224 e. The van der Waals surface area contributed by atoms with Gasteiger partial charge in [-0.05, 0) is 52.8 Å². The number of hydrogen-bond donors (Lipinski definition) is 1. The average Bonchev–Trinajstić information content (AvgIpc) is 2.85. The van der Waals surface area contributed by atoms with Crippen LogP contribution in [0.3, 0.4) is 0 Å². The van der Waals surface area contributed by atoms with Crippen LogP contribution in [0.2, 0.25) is 0 Å². The molecule has 1 saturated carbocycles. The van der Waals surface area contributed by atoms with Crippen LogP contribution < -0.4 is 5.32 Å². The Balaban J connectivity index is 1.92. The van der Waals surface area contributed by atoms with Crippen molar-refractivity contribution >= 4 is 33.2 Å². The van der Waals surface area contributed by atoms with E-state index in [9.17, 15) is 4.79 Å². The Hall–Kier alpha value is -0.390. The molecular formula is C15H23BrN2OS. The van der Waals surface area contributed by atoms with Crippen LogP contribution in [0.15, 0.2) is 15.2 Å². The third-order valence-corrected chi connectivity index (χ3v) is 5.85. The van der Waals surface area contributed by atoms with E-state index in [1.54, 1.807) is 11.3 Å². The average molecular weight is 359 g/mol. The minimum Gasteiger partial charge on any atom is -0.341 e. The lowest BCUT2D eigenvalue weighted by molar-refractivity contribution is -0.132. The van der Waals surface area contributed by atoms with Gasteiger partial charge < -0.3 is 10.2 Å². The molecule has 0 saturated heterocycles. The van der Waals surface area contributed by atoms with Gasteiger partial charge in [0.05, 0.1) is 3.79 Å². The minimum absolute atomic E-state index is 0.0266. The summed E-state index contributed by atoms with van der Waals surface area (Å²) in [5.74, 6) is 0.239. The van der Waals surface area contributed by atoms with Gasteiger partial charge in [-0.1, -0.05) is 19.3 Å². The van der Waals surface area contributed by atoms with Gasteiger partial charge in [-0.3, -0.25) is 4.79 Å². The zero-order chi connectivity index (χ0) is 14.6. The summed E-state index contributed by atoms with van der Waals surface area (Å²) >= 11 is 5.13. The van der Waals surface area contributed by atoms with Gasteiger partial charge in [0.15, 0.2) is 0 Å². The van der Waals surface area contributed by atoms with Gasteiger partial charge in [-0.2, -0.15) is 0 Å². The summed E-state index contributed by atoms with van der Waals surface area (Å²) in [5.41, 5.74) is 1.22. The molecule has 1 aliphatic carbocycles. The van der Waals surface area contributed by atoms with Crippen LogP contribution in [-0.4, -0.2) is 30.4 Å². The van der Waals surface area contributed by atoms with Crippen molar-refractivity contribution in [2.45, 2.75) is 50.6 Å². The van der Waals surface area contributed by atoms with Crippen LogP contribution in [0.1, 0.15) is 44.1 Å². The molecular weight excluding hydrogens is 336 g/mol. The summed E-state index contributed by atoms with van der Waals surface area (Å²) in [4.78, 5) is 14.3. The van der Waals surface area contributed by atoms with E-state index in [1.165, 1.54) is 24.8 Å². The Bertz CT molecular complexity index is 454. The summed E-state index contributed by atoms with van der Waals surface area (Å²) in [6, 6.07) is 2.09. The molecule has 112 valence electrons. The van der Waals surface area contributed by atoms with Crippen LogP contribution in [0, 0.1) is 0 Å². The van der Waals surface area contributed by atoms with Crippen molar-refractivity contribution in [2.24, 2.45) is 0 Å². The van der Waals surface area contributed by atoms with E-state index in [0.29, 0.717) is 13.0 Å². The molecule has 0 aliphatic heterocycles. The second-order valence-electron chi connectivity index (χ2n) is 5.78. The van der Waals surface area contributed by atoms with Gasteiger partial charge in [0.25, 0.3) is 0 Å². The van der Waals surface area contributed by atoms with Crippen molar-refractivity contribution in [3.8, 4) is 0 Å². The van der Waals surface area contributed by atoms with Crippen molar-refractivity contribution < 1.29 is 4.79 Å². The summed E-state index contributed by atoms with van der Waals surface area (Å²) in [6.07, 6.45) is 6.62. The highest BCUT2D eigenvalue weighted by molar-refractivity contribution is 9.11. The highest BCUT2D eigenvalue weighted by Gasteiger charge is 2.33. The molecule has 3 nitrogen and oxygen atoms in total. The molecule has 1 heterocycles. The third kappa shape index (κ3) is 4.06. The molecule has 1 fully saturated rings. The number of amides is 1. The molecule has 0 unspecified atom stereocenters. The normalized spacial score (nSPS) is 17.9. The van der Waals surface area contributed by atoms with Gasteiger partial charge in [0.2, 0.25) is 5.91 Å². The molecule has 0 bridgehead atoms. The van der Waals surface area contributed by atoms with Crippen molar-refractivity contribution in [2.75, 3.05) is 14.1 Å². The Kier molecular flexibility index (Phi) is 5.64. The van der Waals surface area contributed by atoms with Gasteiger partial charge in [0.1, 0.15) is 0 Å². The number of nitrogens with zero attached hydrogens (tertiary/aromatic N) is 1. The first-order valence-corrected chi connectivity index (χ1v) is 8.88. The summed E-state index contributed by atoms with van der Waals surface area (Å²) in [6.45, 7) is 0.695. The van der Waals surface area contributed by atoms with Gasteiger partial charge in [0, 0.05) is 25.6 Å². The SMILES string of the molecule is CNC1(CC(=O)N(C)Cc2csc(Br)c2)CCCCC1. The van der Waals surface area contributed by atoms with E-state index in [2.05, 4.69) is 32.7 Å². The molecule has 1 aromatic rings. The fraction of sp³-hybridized carbons (Fsp3) is 0.667. The number of rotatable bonds is 5. The van der Waals surface area contributed by atoms with Crippen LogP contribution in [0.4, 0.5) is 0 Å². The first-order chi connectivity index (χ1) is 9.54. The molecule has 2 rings (SSSR count). The van der Waals surface area contributed by atoms with Gasteiger partial charge >= 0.3 is 0 Å². The maximum Gasteiger partial charge on any atom is 0.224 e. The quantitative estimate of drug-likeness (QED) is 0.868. The molecule has 1 N–H and O–H groups in total. The Morgan fingerprint density at radius 3 is 2.70 bits per heavy atom. The number of thiophene rings is 1. The lowest BCUT2D eigenvalue weighted by Gasteiger charge is -2.37. The number of halogens is 1. The highest BCUT2D eigenvalue weighted by atomic mass is 79.9. The monoisotopic (exact) mass is 358 g/mol. The zero-order valence-electron chi connectivity index (χ0n) is 12.2. The molecule has 0 aromatic carbocycles. The predicted molar refractivity (Wildman–Crippen MR) is 88.0 cm³/mol. The summed E-state index contributed by atoms with van der Waals surface area (Å²) in [5, 5.41) is 5.52. The van der Waals surface area contributed by atoms with Crippen LogP contribution in [0.5, 0.6) is 0 Å². The van der Waals surface area contributed by atoms with Crippen molar-refractivity contribution in [1.82, 2.24) is 10.2 Å². The lowest BCUT2D eigenvalue weighted by Crippen LogP contribution is -2.48. The Morgan fingerprint density at radius 1 is 1.45 bits per heavy atom. The first kappa shape index (κ1) is 16.0. The topological polar surface area (TPSA) is 32.3 Å². The minimum atomic E-state index is 0.0266. The third-order valence-electron chi connectivity index (χ3n) is 4.30. The van der Waals surface area contributed by atoms with E-state index in [1.807, 2.05) is 19.0 Å².